The summed E-state index contributed by atoms with van der Waals surface area (Å²) in [5.41, 5.74) is 2.06. The Labute approximate surface area is 149 Å². The van der Waals surface area contributed by atoms with Crippen LogP contribution in [0, 0.1) is 0 Å². The Kier molecular flexibility index (Phi) is 5.52. The number of hydrogen-bond donors (Lipinski definition) is 2. The summed E-state index contributed by atoms with van der Waals surface area (Å²) in [5, 5.41) is 6.21. The minimum absolute atomic E-state index is 0.0933. The van der Waals surface area contributed by atoms with Gasteiger partial charge in [-0.05, 0) is 43.3 Å². The van der Waals surface area contributed by atoms with Gasteiger partial charge in [0.05, 0.1) is 11.4 Å². The standard InChI is InChI=1S/C18H17F2N5O/c1-2-21-18-24-15(14-5-3-4-10-22-14)11-16(25-18)23-12-6-8-13(9-7-12)26-17(19)20/h3-11,17H,2H2,1H3,(H2,21,23,24,25). The first-order valence-electron chi connectivity index (χ1n) is 8.00. The summed E-state index contributed by atoms with van der Waals surface area (Å²) in [7, 11) is 0. The lowest BCUT2D eigenvalue weighted by Gasteiger charge is -2.11. The Balaban J connectivity index is 1.85. The SMILES string of the molecule is CCNc1nc(Nc2ccc(OC(F)F)cc2)cc(-c2ccccn2)n1. The van der Waals surface area contributed by atoms with E-state index in [-0.39, 0.29) is 5.75 Å². The summed E-state index contributed by atoms with van der Waals surface area (Å²) in [6.45, 7) is -0.226. The number of aromatic nitrogens is 3. The fraction of sp³-hybridized carbons (Fsp3) is 0.167. The van der Waals surface area contributed by atoms with E-state index < -0.39 is 6.61 Å². The van der Waals surface area contributed by atoms with Crippen LogP contribution in [0.2, 0.25) is 0 Å². The van der Waals surface area contributed by atoms with Gasteiger partial charge in [0.2, 0.25) is 5.95 Å². The quantitative estimate of drug-likeness (QED) is 0.656. The lowest BCUT2D eigenvalue weighted by atomic mass is 10.2. The zero-order valence-electron chi connectivity index (χ0n) is 14.0. The normalized spacial score (nSPS) is 10.6. The number of anilines is 3. The van der Waals surface area contributed by atoms with Crippen molar-refractivity contribution in [2.75, 3.05) is 17.2 Å². The third-order valence-electron chi connectivity index (χ3n) is 3.34. The molecule has 0 aliphatic carbocycles. The van der Waals surface area contributed by atoms with Gasteiger partial charge < -0.3 is 15.4 Å². The highest BCUT2D eigenvalue weighted by molar-refractivity contribution is 5.65. The maximum atomic E-state index is 12.2. The first-order chi connectivity index (χ1) is 12.6. The maximum Gasteiger partial charge on any atom is 0.387 e. The van der Waals surface area contributed by atoms with E-state index >= 15 is 0 Å². The molecular weight excluding hydrogens is 340 g/mol. The fourth-order valence-electron chi connectivity index (χ4n) is 2.26. The number of ether oxygens (including phenoxy) is 1. The predicted molar refractivity (Wildman–Crippen MR) is 95.8 cm³/mol. The molecule has 8 heteroatoms. The zero-order chi connectivity index (χ0) is 18.4. The van der Waals surface area contributed by atoms with Crippen LogP contribution in [0.5, 0.6) is 5.75 Å². The largest absolute Gasteiger partial charge is 0.435 e. The van der Waals surface area contributed by atoms with Crippen molar-refractivity contribution >= 4 is 17.5 Å². The van der Waals surface area contributed by atoms with Gasteiger partial charge in [0, 0.05) is 24.5 Å². The molecule has 0 fully saturated rings. The molecule has 2 aromatic heterocycles. The van der Waals surface area contributed by atoms with Crippen LogP contribution in [0.3, 0.4) is 0 Å². The summed E-state index contributed by atoms with van der Waals surface area (Å²) in [5.74, 6) is 1.12. The van der Waals surface area contributed by atoms with Crippen LogP contribution in [-0.4, -0.2) is 28.1 Å². The highest BCUT2D eigenvalue weighted by Crippen LogP contribution is 2.24. The number of benzene rings is 1. The monoisotopic (exact) mass is 357 g/mol. The highest BCUT2D eigenvalue weighted by Gasteiger charge is 2.08. The van der Waals surface area contributed by atoms with Crippen molar-refractivity contribution in [3.8, 4) is 17.1 Å². The molecule has 0 spiro atoms. The number of hydrogen-bond acceptors (Lipinski definition) is 6. The van der Waals surface area contributed by atoms with E-state index in [1.807, 2.05) is 25.1 Å². The zero-order valence-corrected chi connectivity index (χ0v) is 14.0. The van der Waals surface area contributed by atoms with Crippen LogP contribution in [0.1, 0.15) is 6.92 Å². The third kappa shape index (κ3) is 4.62. The van der Waals surface area contributed by atoms with Gasteiger partial charge in [-0.1, -0.05) is 6.07 Å². The maximum absolute atomic E-state index is 12.2. The van der Waals surface area contributed by atoms with Crippen molar-refractivity contribution in [2.45, 2.75) is 13.5 Å². The minimum atomic E-state index is -2.85. The smallest absolute Gasteiger partial charge is 0.387 e. The van der Waals surface area contributed by atoms with Gasteiger partial charge in [-0.2, -0.15) is 13.8 Å². The van der Waals surface area contributed by atoms with Gasteiger partial charge in [-0.15, -0.1) is 0 Å². The fourth-order valence-corrected chi connectivity index (χ4v) is 2.26. The van der Waals surface area contributed by atoms with Crippen LogP contribution < -0.4 is 15.4 Å². The van der Waals surface area contributed by atoms with Crippen molar-refractivity contribution in [2.24, 2.45) is 0 Å². The van der Waals surface area contributed by atoms with Crippen LogP contribution >= 0.6 is 0 Å². The van der Waals surface area contributed by atoms with Gasteiger partial charge in [0.15, 0.2) is 0 Å². The van der Waals surface area contributed by atoms with E-state index in [1.54, 1.807) is 24.4 Å². The van der Waals surface area contributed by atoms with Crippen LogP contribution in [0.15, 0.2) is 54.7 Å². The van der Waals surface area contributed by atoms with Gasteiger partial charge in [-0.25, -0.2) is 4.98 Å². The lowest BCUT2D eigenvalue weighted by molar-refractivity contribution is -0.0498. The Morgan fingerprint density at radius 1 is 1.04 bits per heavy atom. The molecule has 0 radical (unpaired) electrons. The van der Waals surface area contributed by atoms with Crippen molar-refractivity contribution in [3.05, 3.63) is 54.7 Å². The van der Waals surface area contributed by atoms with Crippen molar-refractivity contribution in [1.29, 1.82) is 0 Å². The molecule has 3 rings (SSSR count). The van der Waals surface area contributed by atoms with E-state index in [0.29, 0.717) is 29.7 Å². The number of alkyl halides is 2. The molecule has 0 saturated carbocycles. The molecule has 0 aliphatic heterocycles. The molecule has 0 atom stereocenters. The lowest BCUT2D eigenvalue weighted by Crippen LogP contribution is -2.06. The first-order valence-corrected chi connectivity index (χ1v) is 8.00. The topological polar surface area (TPSA) is 72.0 Å². The minimum Gasteiger partial charge on any atom is -0.435 e. The van der Waals surface area contributed by atoms with E-state index in [9.17, 15) is 8.78 Å². The molecule has 26 heavy (non-hydrogen) atoms. The van der Waals surface area contributed by atoms with Crippen LogP contribution in [0.25, 0.3) is 11.4 Å². The summed E-state index contributed by atoms with van der Waals surface area (Å²) in [4.78, 5) is 13.2. The van der Waals surface area contributed by atoms with Gasteiger partial charge in [-0.3, -0.25) is 4.98 Å². The number of pyridine rings is 1. The highest BCUT2D eigenvalue weighted by atomic mass is 19.3. The molecule has 0 saturated heterocycles. The van der Waals surface area contributed by atoms with E-state index in [2.05, 4.69) is 30.3 Å². The molecule has 2 heterocycles. The van der Waals surface area contributed by atoms with Gasteiger partial charge in [0.1, 0.15) is 11.6 Å². The molecule has 0 bridgehead atoms. The van der Waals surface area contributed by atoms with Crippen molar-refractivity contribution in [3.63, 3.8) is 0 Å². The summed E-state index contributed by atoms with van der Waals surface area (Å²) < 4.78 is 28.8. The van der Waals surface area contributed by atoms with Crippen LogP contribution in [0.4, 0.5) is 26.2 Å². The van der Waals surface area contributed by atoms with Gasteiger partial charge in [0.25, 0.3) is 0 Å². The third-order valence-corrected chi connectivity index (χ3v) is 3.34. The molecule has 3 aromatic rings. The summed E-state index contributed by atoms with van der Waals surface area (Å²) in [6.07, 6.45) is 1.69. The predicted octanol–water partition coefficient (Wildman–Crippen LogP) is 4.32. The molecule has 6 nitrogen and oxygen atoms in total. The molecule has 0 aliphatic rings. The second-order valence-electron chi connectivity index (χ2n) is 5.24. The second-order valence-corrected chi connectivity index (χ2v) is 5.24. The van der Waals surface area contributed by atoms with E-state index in [1.165, 1.54) is 12.1 Å². The molecule has 2 N–H and O–H groups in total. The molecule has 0 unspecified atom stereocenters. The molecule has 1 aromatic carbocycles. The van der Waals surface area contributed by atoms with Crippen molar-refractivity contribution < 1.29 is 13.5 Å². The molecule has 134 valence electrons. The average molecular weight is 357 g/mol. The number of rotatable bonds is 7. The average Bonchev–Trinajstić information content (AvgIpc) is 2.64. The van der Waals surface area contributed by atoms with Crippen molar-refractivity contribution in [1.82, 2.24) is 15.0 Å². The number of halogens is 2. The number of nitrogens with one attached hydrogen (secondary N) is 2. The second kappa shape index (κ2) is 8.19. The van der Waals surface area contributed by atoms with Crippen LogP contribution in [-0.2, 0) is 0 Å². The Morgan fingerprint density at radius 2 is 1.85 bits per heavy atom. The number of nitrogens with zero attached hydrogens (tertiary/aromatic N) is 3. The Bertz CT molecular complexity index is 844. The Morgan fingerprint density at radius 3 is 2.50 bits per heavy atom. The van der Waals surface area contributed by atoms with E-state index in [0.717, 1.165) is 5.69 Å². The summed E-state index contributed by atoms with van der Waals surface area (Å²) in [6, 6.07) is 13.5. The Hall–Kier alpha value is -3.29. The molecule has 0 amide bonds. The first kappa shape index (κ1) is 17.5. The van der Waals surface area contributed by atoms with E-state index in [4.69, 9.17) is 0 Å². The molecular formula is C18H17F2N5O. The summed E-state index contributed by atoms with van der Waals surface area (Å²) >= 11 is 0. The van der Waals surface area contributed by atoms with Gasteiger partial charge >= 0.3 is 6.61 Å².